The standard InChI is InChI=1S/C67H104N12O13/c1-17-42(6)55(67(92)79-35-27-32-50(79)65(90)77(16)57(41(4)5)58(68)83)70-61(86)52(37-47-28-21-18-22-29-47)76(15)63(88)45(9)74(13)66(91)56(46(10)80)71-59(84)43(7)72(11)54(82)39-49(64(89)78-33-25-20-26-34-78)69-60(85)51(36-40(2)3)75(14)62(87)44(8)73(12)53(81)38-48-30-23-19-24-31-48/h18-19,21-24,28-31,40-46,49-52,55-57,80H,17,20,25-27,32-39H2,1-16H3,(H2,68,83)(H,69,85)(H,70,86)(H,71,84)/t42-,43+,44-,45-,46+,49-,50-,51-,52-,55-,56+,57-/m0/s1. The van der Waals surface area contributed by atoms with Gasteiger partial charge >= 0.3 is 0 Å². The Morgan fingerprint density at radius 2 is 1.07 bits per heavy atom. The Morgan fingerprint density at radius 3 is 1.59 bits per heavy atom. The molecule has 0 saturated carbocycles. The molecule has 2 aliphatic heterocycles. The zero-order valence-electron chi connectivity index (χ0n) is 57.1. The van der Waals surface area contributed by atoms with Gasteiger partial charge in [-0.25, -0.2) is 0 Å². The van der Waals surface area contributed by atoms with Crippen molar-refractivity contribution in [1.82, 2.24) is 55.1 Å². The van der Waals surface area contributed by atoms with Crippen molar-refractivity contribution in [2.45, 2.75) is 200 Å². The summed E-state index contributed by atoms with van der Waals surface area (Å²) in [5.74, 6) is -8.54. The second-order valence-corrected chi connectivity index (χ2v) is 25.9. The highest BCUT2D eigenvalue weighted by Crippen LogP contribution is 2.26. The van der Waals surface area contributed by atoms with Crippen molar-refractivity contribution in [1.29, 1.82) is 0 Å². The van der Waals surface area contributed by atoms with Crippen LogP contribution in [0.2, 0.25) is 0 Å². The first kappa shape index (κ1) is 76.5. The normalized spacial score (nSPS) is 17.6. The summed E-state index contributed by atoms with van der Waals surface area (Å²) in [6.45, 7) is 17.5. The van der Waals surface area contributed by atoms with E-state index in [1.807, 2.05) is 51.1 Å². The summed E-state index contributed by atoms with van der Waals surface area (Å²) >= 11 is 0. The molecule has 25 heteroatoms. The van der Waals surface area contributed by atoms with Crippen LogP contribution < -0.4 is 21.7 Å². The van der Waals surface area contributed by atoms with Gasteiger partial charge in [-0.15, -0.1) is 0 Å². The fourth-order valence-corrected chi connectivity index (χ4v) is 11.8. The highest BCUT2D eigenvalue weighted by Gasteiger charge is 2.45. The molecular weight excluding hydrogens is 1180 g/mol. The van der Waals surface area contributed by atoms with Crippen molar-refractivity contribution >= 4 is 70.9 Å². The molecule has 2 aromatic rings. The van der Waals surface area contributed by atoms with Crippen LogP contribution in [0.5, 0.6) is 0 Å². The van der Waals surface area contributed by atoms with E-state index < -0.39 is 144 Å². The molecule has 510 valence electrons. The second-order valence-electron chi connectivity index (χ2n) is 25.9. The number of likely N-dealkylation sites (tertiary alicyclic amines) is 2. The van der Waals surface area contributed by atoms with Gasteiger partial charge in [-0.05, 0) is 95.1 Å². The number of likely N-dealkylation sites (N-methyl/N-ethyl adjacent to an activating group) is 6. The molecule has 0 aromatic heterocycles. The van der Waals surface area contributed by atoms with Crippen LogP contribution in [-0.4, -0.2) is 244 Å². The van der Waals surface area contributed by atoms with Crippen molar-refractivity contribution in [2.75, 3.05) is 61.9 Å². The van der Waals surface area contributed by atoms with Gasteiger partial charge in [0.05, 0.1) is 18.9 Å². The van der Waals surface area contributed by atoms with Gasteiger partial charge in [0, 0.05) is 68.3 Å². The molecule has 2 saturated heterocycles. The monoisotopic (exact) mass is 1280 g/mol. The predicted molar refractivity (Wildman–Crippen MR) is 347 cm³/mol. The molecule has 0 radical (unpaired) electrons. The summed E-state index contributed by atoms with van der Waals surface area (Å²) in [4.78, 5) is 180. The molecule has 4 rings (SSSR count). The van der Waals surface area contributed by atoms with Crippen molar-refractivity contribution < 1.29 is 62.6 Å². The maximum Gasteiger partial charge on any atom is 0.248 e. The quantitative estimate of drug-likeness (QED) is 0.0722. The maximum atomic E-state index is 14.8. The Hall–Kier alpha value is -7.96. The van der Waals surface area contributed by atoms with Crippen LogP contribution in [0.25, 0.3) is 0 Å². The Morgan fingerprint density at radius 1 is 0.554 bits per heavy atom. The van der Waals surface area contributed by atoms with E-state index in [4.69, 9.17) is 5.73 Å². The Labute approximate surface area is 543 Å². The Bertz CT molecular complexity index is 2890. The highest BCUT2D eigenvalue weighted by atomic mass is 16.3. The van der Waals surface area contributed by atoms with Crippen molar-refractivity contribution in [2.24, 2.45) is 23.5 Å². The molecule has 2 heterocycles. The van der Waals surface area contributed by atoms with Crippen LogP contribution in [-0.2, 0) is 70.4 Å². The van der Waals surface area contributed by atoms with E-state index >= 15 is 0 Å². The molecule has 0 spiro atoms. The second kappa shape index (κ2) is 35.2. The number of amides is 12. The Kier molecular flexibility index (Phi) is 29.3. The number of nitrogens with zero attached hydrogens (tertiary/aromatic N) is 8. The number of carbonyl (C=O) groups is 12. The number of primary amides is 1. The van der Waals surface area contributed by atoms with Crippen molar-refractivity contribution in [3.05, 3.63) is 71.8 Å². The summed E-state index contributed by atoms with van der Waals surface area (Å²) in [6.07, 6.45) is 1.57. The maximum absolute atomic E-state index is 14.8. The van der Waals surface area contributed by atoms with E-state index in [-0.39, 0.29) is 43.6 Å². The number of rotatable bonds is 31. The average Bonchev–Trinajstić information content (AvgIpc) is 1.46. The van der Waals surface area contributed by atoms with E-state index in [0.29, 0.717) is 50.8 Å². The van der Waals surface area contributed by atoms with Crippen LogP contribution in [0.4, 0.5) is 0 Å². The van der Waals surface area contributed by atoms with Gasteiger partial charge in [-0.3, -0.25) is 57.5 Å². The third-order valence-corrected chi connectivity index (χ3v) is 18.4. The summed E-state index contributed by atoms with van der Waals surface area (Å²) in [6, 6.07) is 5.81. The highest BCUT2D eigenvalue weighted by molar-refractivity contribution is 5.99. The molecule has 2 fully saturated rings. The first-order chi connectivity index (χ1) is 43.2. The molecule has 0 unspecified atom stereocenters. The van der Waals surface area contributed by atoms with Gasteiger partial charge in [0.2, 0.25) is 70.9 Å². The van der Waals surface area contributed by atoms with E-state index in [0.717, 1.165) is 21.8 Å². The summed E-state index contributed by atoms with van der Waals surface area (Å²) in [5, 5.41) is 19.3. The summed E-state index contributed by atoms with van der Waals surface area (Å²) in [7, 11) is 8.45. The number of aliphatic hydroxyl groups is 1. The molecule has 12 atom stereocenters. The lowest BCUT2D eigenvalue weighted by molar-refractivity contribution is -0.151. The topological polar surface area (TPSA) is 313 Å². The molecule has 2 aliphatic rings. The summed E-state index contributed by atoms with van der Waals surface area (Å²) < 4.78 is 0. The molecular formula is C67H104N12O13. The van der Waals surface area contributed by atoms with Crippen LogP contribution in [0.1, 0.15) is 132 Å². The van der Waals surface area contributed by atoms with Gasteiger partial charge in [-0.2, -0.15) is 0 Å². The Balaban J connectivity index is 1.53. The first-order valence-electron chi connectivity index (χ1n) is 32.3. The molecule has 12 amide bonds. The lowest BCUT2D eigenvalue weighted by Crippen LogP contribution is -2.62. The minimum Gasteiger partial charge on any atom is -0.391 e. The first-order valence-corrected chi connectivity index (χ1v) is 32.3. The molecule has 6 N–H and O–H groups in total. The average molecular weight is 1290 g/mol. The number of carbonyl (C=O) groups excluding carboxylic acids is 12. The van der Waals surface area contributed by atoms with Gasteiger partial charge in [0.15, 0.2) is 0 Å². The SMILES string of the molecule is CC[C@H](C)[C@H](NC(=O)[C@H](Cc1ccccc1)N(C)C(=O)[C@H](C)N(C)C(=O)[C@H](NC(=O)[C@@H](C)N(C)C(=O)C[C@H](NC(=O)[C@H](CC(C)C)N(C)C(=O)[C@H](C)N(C)C(=O)Cc1ccccc1)C(=O)N1CCCCC1)[C@@H](C)O)C(=O)N1CCC[C@H]1C(=O)N(C)[C@H](C(N)=O)C(C)C. The van der Waals surface area contributed by atoms with Gasteiger partial charge in [0.1, 0.15) is 60.4 Å². The number of aliphatic hydroxyl groups excluding tert-OH is 1. The molecule has 2 aromatic carbocycles. The smallest absolute Gasteiger partial charge is 0.248 e. The predicted octanol–water partition coefficient (Wildman–Crippen LogP) is 1.96. The van der Waals surface area contributed by atoms with Crippen LogP contribution >= 0.6 is 0 Å². The lowest BCUT2D eigenvalue weighted by atomic mass is 9.95. The van der Waals surface area contributed by atoms with E-state index in [1.165, 1.54) is 87.6 Å². The zero-order chi connectivity index (χ0) is 69.2. The van der Waals surface area contributed by atoms with Crippen molar-refractivity contribution in [3.63, 3.8) is 0 Å². The van der Waals surface area contributed by atoms with Crippen LogP contribution in [0.15, 0.2) is 60.7 Å². The van der Waals surface area contributed by atoms with Crippen LogP contribution in [0.3, 0.4) is 0 Å². The number of hydrogen-bond acceptors (Lipinski definition) is 13. The summed E-state index contributed by atoms with van der Waals surface area (Å²) in [5.41, 5.74) is 7.12. The molecule has 0 aliphatic carbocycles. The number of nitrogens with one attached hydrogen (secondary N) is 3. The molecule has 92 heavy (non-hydrogen) atoms. The van der Waals surface area contributed by atoms with Gasteiger partial charge in [-0.1, -0.05) is 109 Å². The van der Waals surface area contributed by atoms with Gasteiger partial charge in [0.25, 0.3) is 0 Å². The van der Waals surface area contributed by atoms with E-state index in [1.54, 1.807) is 62.9 Å². The van der Waals surface area contributed by atoms with E-state index in [9.17, 15) is 62.6 Å². The molecule has 25 nitrogen and oxygen atoms in total. The third-order valence-electron chi connectivity index (χ3n) is 18.4. The molecule has 0 bridgehead atoms. The van der Waals surface area contributed by atoms with Gasteiger partial charge < -0.3 is 66.0 Å². The van der Waals surface area contributed by atoms with Crippen molar-refractivity contribution in [3.8, 4) is 0 Å². The fraction of sp³-hybridized carbons (Fsp3) is 0.642. The minimum absolute atomic E-state index is 0.0231. The number of piperidine rings is 1. The lowest BCUT2D eigenvalue weighted by Gasteiger charge is -2.37. The van der Waals surface area contributed by atoms with Crippen LogP contribution in [0, 0.1) is 17.8 Å². The fourth-order valence-electron chi connectivity index (χ4n) is 11.8. The number of nitrogens with two attached hydrogens (primary N) is 1. The number of benzene rings is 2. The largest absolute Gasteiger partial charge is 0.391 e. The third kappa shape index (κ3) is 20.0. The zero-order valence-corrected chi connectivity index (χ0v) is 57.1. The van der Waals surface area contributed by atoms with E-state index in [2.05, 4.69) is 16.0 Å². The minimum atomic E-state index is -1.67. The number of hydrogen-bond donors (Lipinski definition) is 5.